The first-order chi connectivity index (χ1) is 13.6. The number of aromatic nitrogens is 4. The second-order valence-electron chi connectivity index (χ2n) is 6.65. The normalized spacial score (nSPS) is 24.8. The molecule has 1 aliphatic rings. The van der Waals surface area contributed by atoms with E-state index < -0.39 is 41.5 Å². The van der Waals surface area contributed by atoms with E-state index in [0.717, 1.165) is 5.57 Å². The first kappa shape index (κ1) is 21.8. The lowest BCUT2D eigenvalue weighted by Crippen LogP contribution is -2.35. The van der Waals surface area contributed by atoms with Crippen LogP contribution in [0.2, 0.25) is 5.28 Å². The highest BCUT2D eigenvalue weighted by Crippen LogP contribution is 2.33. The van der Waals surface area contributed by atoms with Gasteiger partial charge in [-0.25, -0.2) is 10.1 Å². The van der Waals surface area contributed by atoms with Gasteiger partial charge >= 0.3 is 10.3 Å². The van der Waals surface area contributed by atoms with Crippen molar-refractivity contribution in [2.75, 3.05) is 18.5 Å². The lowest BCUT2D eigenvalue weighted by molar-refractivity contribution is -0.0467. The molecule has 2 aromatic rings. The van der Waals surface area contributed by atoms with Crippen LogP contribution in [-0.4, -0.2) is 69.6 Å². The van der Waals surface area contributed by atoms with E-state index in [1.165, 1.54) is 10.9 Å². The number of nitrogens with two attached hydrogens (primary N) is 1. The summed E-state index contributed by atoms with van der Waals surface area (Å²) in [7, 11) is -4.23. The maximum Gasteiger partial charge on any atom is 0.333 e. The molecule has 0 aliphatic carbocycles. The van der Waals surface area contributed by atoms with E-state index >= 15 is 0 Å². The van der Waals surface area contributed by atoms with Crippen LogP contribution < -0.4 is 10.5 Å². The van der Waals surface area contributed by atoms with E-state index in [0.29, 0.717) is 17.9 Å². The lowest BCUT2D eigenvalue weighted by atomic mass is 10.1. The molecular weight excluding hydrogens is 428 g/mol. The molecule has 0 bridgehead atoms. The van der Waals surface area contributed by atoms with Gasteiger partial charge in [0.2, 0.25) is 5.28 Å². The molecule has 3 heterocycles. The Kier molecular flexibility index (Phi) is 6.38. The number of imidazole rings is 1. The molecule has 0 spiro atoms. The third-order valence-electron chi connectivity index (χ3n) is 4.18. The summed E-state index contributed by atoms with van der Waals surface area (Å²) in [6.07, 6.45) is -1.77. The Labute approximate surface area is 171 Å². The van der Waals surface area contributed by atoms with Crippen LogP contribution in [0.1, 0.15) is 20.1 Å². The Morgan fingerprint density at radius 3 is 2.79 bits per heavy atom. The Bertz CT molecular complexity index is 1020. The maximum absolute atomic E-state index is 11.0. The SMILES string of the molecule is CC(C)=CCNc1nc(Cl)nc2c1ncn2[C@@H]1O[C@H](COS(N)(=O)=O)[C@@H](O)[C@H]1O. The molecule has 5 N–H and O–H groups in total. The molecular formula is C15H21ClN6O6S. The number of hydrogen-bond acceptors (Lipinski definition) is 10. The fraction of sp³-hybridized carbons (Fsp3) is 0.533. The number of nitrogens with one attached hydrogen (secondary N) is 1. The summed E-state index contributed by atoms with van der Waals surface area (Å²) in [5, 5.41) is 28.4. The van der Waals surface area contributed by atoms with Crippen molar-refractivity contribution in [2.45, 2.75) is 38.4 Å². The molecule has 4 atom stereocenters. The molecule has 2 aromatic heterocycles. The molecule has 0 aromatic carbocycles. The van der Waals surface area contributed by atoms with E-state index in [4.69, 9.17) is 21.5 Å². The smallest absolute Gasteiger partial charge is 0.333 e. The predicted molar refractivity (Wildman–Crippen MR) is 103 cm³/mol. The fourth-order valence-corrected chi connectivity index (χ4v) is 3.30. The molecule has 3 rings (SSSR count). The third kappa shape index (κ3) is 5.01. The van der Waals surface area contributed by atoms with Gasteiger partial charge in [-0.15, -0.1) is 0 Å². The number of fused-ring (bicyclic) bond motifs is 1. The van der Waals surface area contributed by atoms with Crippen molar-refractivity contribution in [3.8, 4) is 0 Å². The van der Waals surface area contributed by atoms with Gasteiger partial charge in [-0.3, -0.25) is 8.75 Å². The maximum atomic E-state index is 11.0. The van der Waals surface area contributed by atoms with E-state index in [-0.39, 0.29) is 10.9 Å². The number of hydrogen-bond donors (Lipinski definition) is 4. The van der Waals surface area contributed by atoms with Gasteiger partial charge in [0.1, 0.15) is 18.3 Å². The predicted octanol–water partition coefficient (Wildman–Crippen LogP) is -0.303. The molecule has 160 valence electrons. The molecule has 0 radical (unpaired) electrons. The summed E-state index contributed by atoms with van der Waals surface area (Å²) in [5.41, 5.74) is 1.75. The molecule has 1 saturated heterocycles. The van der Waals surface area contributed by atoms with Gasteiger partial charge < -0.3 is 20.3 Å². The van der Waals surface area contributed by atoms with Crippen LogP contribution in [0.4, 0.5) is 5.82 Å². The lowest BCUT2D eigenvalue weighted by Gasteiger charge is -2.16. The van der Waals surface area contributed by atoms with Crippen LogP contribution in [0.25, 0.3) is 11.2 Å². The zero-order valence-electron chi connectivity index (χ0n) is 15.6. The molecule has 1 aliphatic heterocycles. The van der Waals surface area contributed by atoms with Crippen molar-refractivity contribution in [1.29, 1.82) is 0 Å². The van der Waals surface area contributed by atoms with Crippen LogP contribution in [0.5, 0.6) is 0 Å². The van der Waals surface area contributed by atoms with Crippen LogP contribution in [0, 0.1) is 0 Å². The Morgan fingerprint density at radius 2 is 2.14 bits per heavy atom. The molecule has 0 unspecified atom stereocenters. The highest BCUT2D eigenvalue weighted by Gasteiger charge is 2.45. The van der Waals surface area contributed by atoms with Crippen molar-refractivity contribution in [2.24, 2.45) is 5.14 Å². The molecule has 29 heavy (non-hydrogen) atoms. The molecule has 14 heteroatoms. The molecule has 0 saturated carbocycles. The third-order valence-corrected chi connectivity index (χ3v) is 4.82. The highest BCUT2D eigenvalue weighted by molar-refractivity contribution is 7.84. The number of halogens is 1. The van der Waals surface area contributed by atoms with Crippen LogP contribution in [0.3, 0.4) is 0 Å². The van der Waals surface area contributed by atoms with Crippen molar-refractivity contribution in [3.63, 3.8) is 0 Å². The average Bonchev–Trinajstić information content (AvgIpc) is 3.14. The Morgan fingerprint density at radius 1 is 1.41 bits per heavy atom. The van der Waals surface area contributed by atoms with Crippen LogP contribution in [-0.2, 0) is 19.2 Å². The van der Waals surface area contributed by atoms with Gasteiger partial charge in [-0.1, -0.05) is 11.6 Å². The van der Waals surface area contributed by atoms with E-state index in [9.17, 15) is 18.6 Å². The van der Waals surface area contributed by atoms with Gasteiger partial charge in [-0.05, 0) is 25.4 Å². The van der Waals surface area contributed by atoms with Gasteiger partial charge in [0.15, 0.2) is 23.2 Å². The van der Waals surface area contributed by atoms with Gasteiger partial charge in [-0.2, -0.15) is 18.4 Å². The van der Waals surface area contributed by atoms with Gasteiger partial charge in [0.05, 0.1) is 12.9 Å². The number of allylic oxidation sites excluding steroid dienone is 1. The number of nitrogens with zero attached hydrogens (tertiary/aromatic N) is 4. The summed E-state index contributed by atoms with van der Waals surface area (Å²) in [6.45, 7) is 3.84. The minimum atomic E-state index is -4.23. The van der Waals surface area contributed by atoms with E-state index in [1.54, 1.807) is 0 Å². The summed E-state index contributed by atoms with van der Waals surface area (Å²) in [5.74, 6) is 0.387. The first-order valence-corrected chi connectivity index (χ1v) is 10.4. The molecule has 12 nitrogen and oxygen atoms in total. The van der Waals surface area contributed by atoms with Crippen LogP contribution in [0.15, 0.2) is 18.0 Å². The number of aliphatic hydroxyl groups excluding tert-OH is 2. The fourth-order valence-electron chi connectivity index (χ4n) is 2.81. The number of aliphatic hydroxyl groups is 2. The largest absolute Gasteiger partial charge is 0.387 e. The van der Waals surface area contributed by atoms with E-state index in [1.807, 2.05) is 19.9 Å². The Hall–Kier alpha value is -1.87. The van der Waals surface area contributed by atoms with E-state index in [2.05, 4.69) is 24.5 Å². The van der Waals surface area contributed by atoms with Crippen molar-refractivity contribution in [1.82, 2.24) is 19.5 Å². The van der Waals surface area contributed by atoms with Crippen LogP contribution >= 0.6 is 11.6 Å². The summed E-state index contributed by atoms with van der Waals surface area (Å²) in [6, 6.07) is 0. The summed E-state index contributed by atoms with van der Waals surface area (Å²) in [4.78, 5) is 12.5. The summed E-state index contributed by atoms with van der Waals surface area (Å²) < 4.78 is 33.3. The summed E-state index contributed by atoms with van der Waals surface area (Å²) >= 11 is 6.02. The molecule has 1 fully saturated rings. The number of ether oxygens (including phenoxy) is 1. The van der Waals surface area contributed by atoms with Gasteiger partial charge in [0, 0.05) is 6.54 Å². The first-order valence-electron chi connectivity index (χ1n) is 8.53. The van der Waals surface area contributed by atoms with Crippen molar-refractivity contribution >= 4 is 38.9 Å². The number of rotatable bonds is 7. The average molecular weight is 449 g/mol. The van der Waals surface area contributed by atoms with Gasteiger partial charge in [0.25, 0.3) is 0 Å². The van der Waals surface area contributed by atoms with Crippen molar-refractivity contribution < 1.29 is 27.6 Å². The Balaban J connectivity index is 1.88. The monoisotopic (exact) mass is 448 g/mol. The second-order valence-corrected chi connectivity index (χ2v) is 8.21. The minimum Gasteiger partial charge on any atom is -0.387 e. The zero-order valence-corrected chi connectivity index (χ0v) is 17.1. The standard InChI is InChI=1S/C15H21ClN6O6S/c1-7(2)3-4-18-12-9-13(21-15(16)20-12)22(6-19-9)14-11(24)10(23)8(28-14)5-27-29(17,25)26/h3,6,8,10-11,14,23-24H,4-5H2,1-2H3,(H2,17,25,26)(H,18,20,21)/t8-,10-,11-,14-/m1/s1. The minimum absolute atomic E-state index is 0.0545. The second kappa shape index (κ2) is 8.47. The number of anilines is 1. The topological polar surface area (TPSA) is 175 Å². The highest BCUT2D eigenvalue weighted by atomic mass is 35.5. The zero-order chi connectivity index (χ0) is 21.3. The van der Waals surface area contributed by atoms with Crippen molar-refractivity contribution in [3.05, 3.63) is 23.3 Å². The molecule has 0 amide bonds. The quantitative estimate of drug-likeness (QED) is 0.325.